The summed E-state index contributed by atoms with van der Waals surface area (Å²) in [6, 6.07) is 2.21. The van der Waals surface area contributed by atoms with E-state index in [1.807, 2.05) is 11.9 Å². The van der Waals surface area contributed by atoms with E-state index in [1.54, 1.807) is 6.20 Å². The second kappa shape index (κ2) is 5.81. The highest BCUT2D eigenvalue weighted by molar-refractivity contribution is 5.89. The van der Waals surface area contributed by atoms with E-state index in [0.717, 1.165) is 0 Å². The van der Waals surface area contributed by atoms with Gasteiger partial charge in [-0.3, -0.25) is 0 Å². The normalized spacial score (nSPS) is 36.6. The molecule has 6 nitrogen and oxygen atoms in total. The number of ether oxygens (including phenoxy) is 2. The maximum atomic E-state index is 12.0. The van der Waals surface area contributed by atoms with Crippen molar-refractivity contribution in [3.63, 3.8) is 0 Å². The van der Waals surface area contributed by atoms with E-state index in [0.29, 0.717) is 18.5 Å². The van der Waals surface area contributed by atoms with Crippen molar-refractivity contribution in [3.8, 4) is 6.07 Å². The number of esters is 1. The molecule has 0 bridgehead atoms. The maximum Gasteiger partial charge on any atom is 0.335 e. The van der Waals surface area contributed by atoms with Crippen LogP contribution in [0.15, 0.2) is 11.8 Å². The van der Waals surface area contributed by atoms with Crippen LogP contribution in [0.1, 0.15) is 6.42 Å². The third kappa shape index (κ3) is 2.39. The van der Waals surface area contributed by atoms with E-state index in [1.165, 1.54) is 14.2 Å². The number of hydrogen-bond donors (Lipinski definition) is 1. The molecule has 5 atom stereocenters. The van der Waals surface area contributed by atoms with E-state index in [2.05, 4.69) is 6.07 Å². The van der Waals surface area contributed by atoms with Gasteiger partial charge in [-0.05, 0) is 12.3 Å². The standard InChI is InChI=1S/C14H20N2O4/c1-16-6-8-4-11(17)13(19-2)9(5-15)12(8)10(7-16)14(18)20-3/h7-9,11-13,17H,4,6H2,1-3H3/t8-,9+,11-,12+,13-/m1/s1. The summed E-state index contributed by atoms with van der Waals surface area (Å²) in [5, 5.41) is 19.6. The smallest absolute Gasteiger partial charge is 0.335 e. The third-order valence-corrected chi connectivity index (χ3v) is 4.26. The molecule has 0 saturated heterocycles. The fourth-order valence-corrected chi connectivity index (χ4v) is 3.47. The Morgan fingerprint density at radius 3 is 2.80 bits per heavy atom. The van der Waals surface area contributed by atoms with E-state index >= 15 is 0 Å². The molecule has 1 N–H and O–H groups in total. The zero-order chi connectivity index (χ0) is 14.9. The predicted octanol–water partition coefficient (Wildman–Crippen LogP) is 0.140. The molecular weight excluding hydrogens is 260 g/mol. The molecule has 0 unspecified atom stereocenters. The van der Waals surface area contributed by atoms with Crippen LogP contribution in [0.4, 0.5) is 0 Å². The van der Waals surface area contributed by atoms with Gasteiger partial charge in [0.1, 0.15) is 0 Å². The van der Waals surface area contributed by atoms with Crippen LogP contribution in [0.25, 0.3) is 0 Å². The first-order valence-corrected chi connectivity index (χ1v) is 6.64. The summed E-state index contributed by atoms with van der Waals surface area (Å²) < 4.78 is 10.1. The van der Waals surface area contributed by atoms with Crippen LogP contribution in [0.2, 0.25) is 0 Å². The van der Waals surface area contributed by atoms with Crippen molar-refractivity contribution in [3.05, 3.63) is 11.8 Å². The van der Waals surface area contributed by atoms with Gasteiger partial charge in [-0.2, -0.15) is 5.26 Å². The summed E-state index contributed by atoms with van der Waals surface area (Å²) in [5.41, 5.74) is 0.492. The molecule has 0 aromatic carbocycles. The molecule has 2 aliphatic rings. The fraction of sp³-hybridized carbons (Fsp3) is 0.714. The molecule has 2 rings (SSSR count). The molecule has 1 heterocycles. The van der Waals surface area contributed by atoms with Gasteiger partial charge >= 0.3 is 5.97 Å². The third-order valence-electron chi connectivity index (χ3n) is 4.26. The van der Waals surface area contributed by atoms with Gasteiger partial charge < -0.3 is 19.5 Å². The van der Waals surface area contributed by atoms with E-state index in [-0.39, 0.29) is 11.8 Å². The monoisotopic (exact) mass is 280 g/mol. The van der Waals surface area contributed by atoms with E-state index in [4.69, 9.17) is 9.47 Å². The van der Waals surface area contributed by atoms with Crippen molar-refractivity contribution in [2.75, 3.05) is 27.8 Å². The van der Waals surface area contributed by atoms with Gasteiger partial charge in [-0.1, -0.05) is 0 Å². The van der Waals surface area contributed by atoms with Crippen LogP contribution >= 0.6 is 0 Å². The number of aliphatic hydroxyl groups excluding tert-OH is 1. The largest absolute Gasteiger partial charge is 0.466 e. The number of methoxy groups -OCH3 is 2. The molecule has 6 heteroatoms. The summed E-state index contributed by atoms with van der Waals surface area (Å²) in [6.07, 6.45) is 0.996. The number of aliphatic hydroxyl groups is 1. The van der Waals surface area contributed by atoms with Crippen molar-refractivity contribution < 1.29 is 19.4 Å². The molecule has 1 aliphatic carbocycles. The van der Waals surface area contributed by atoms with Crippen LogP contribution in [-0.4, -0.2) is 56.0 Å². The number of hydrogen-bond acceptors (Lipinski definition) is 6. The van der Waals surface area contributed by atoms with Crippen LogP contribution in [0.3, 0.4) is 0 Å². The maximum absolute atomic E-state index is 12.0. The van der Waals surface area contributed by atoms with Gasteiger partial charge in [0.2, 0.25) is 0 Å². The Kier molecular flexibility index (Phi) is 4.31. The lowest BCUT2D eigenvalue weighted by Gasteiger charge is -2.46. The van der Waals surface area contributed by atoms with E-state index in [9.17, 15) is 15.2 Å². The fourth-order valence-electron chi connectivity index (χ4n) is 3.47. The molecule has 0 aromatic rings. The zero-order valence-corrected chi connectivity index (χ0v) is 11.9. The number of carbonyl (C=O) groups is 1. The van der Waals surface area contributed by atoms with Gasteiger partial charge in [0, 0.05) is 32.8 Å². The van der Waals surface area contributed by atoms with Crippen LogP contribution in [0.5, 0.6) is 0 Å². The lowest BCUT2D eigenvalue weighted by atomic mass is 9.65. The molecule has 0 aromatic heterocycles. The zero-order valence-electron chi connectivity index (χ0n) is 11.9. The molecule has 20 heavy (non-hydrogen) atoms. The van der Waals surface area contributed by atoms with Crippen LogP contribution in [0, 0.1) is 29.1 Å². The molecular formula is C14H20N2O4. The summed E-state index contributed by atoms with van der Waals surface area (Å²) >= 11 is 0. The van der Waals surface area contributed by atoms with Crippen LogP contribution < -0.4 is 0 Å². The quantitative estimate of drug-likeness (QED) is 0.725. The van der Waals surface area contributed by atoms with Crippen molar-refractivity contribution >= 4 is 5.97 Å². The SMILES string of the molecule is COC(=O)C1=CN(C)C[C@H]2C[C@@H](O)[C@H](OC)[C@@H](C#N)[C@@H]12. The first-order chi connectivity index (χ1) is 9.53. The molecule has 110 valence electrons. The molecule has 0 spiro atoms. The van der Waals surface area contributed by atoms with Gasteiger partial charge in [0.25, 0.3) is 0 Å². The summed E-state index contributed by atoms with van der Waals surface area (Å²) in [5.74, 6) is -1.17. The van der Waals surface area contributed by atoms with Gasteiger partial charge in [0.05, 0.1) is 36.9 Å². The number of carbonyl (C=O) groups excluding carboxylic acids is 1. The van der Waals surface area contributed by atoms with Crippen molar-refractivity contribution in [1.82, 2.24) is 4.90 Å². The van der Waals surface area contributed by atoms with E-state index < -0.39 is 24.1 Å². The Morgan fingerprint density at radius 2 is 2.25 bits per heavy atom. The molecule has 1 aliphatic heterocycles. The summed E-state index contributed by atoms with van der Waals surface area (Å²) in [6.45, 7) is 0.705. The minimum Gasteiger partial charge on any atom is -0.466 e. The lowest BCUT2D eigenvalue weighted by Crippen LogP contribution is -2.52. The molecule has 0 amide bonds. The Hall–Kier alpha value is -1.58. The molecule has 1 fully saturated rings. The Bertz CT molecular complexity index is 457. The number of nitriles is 1. The predicted molar refractivity (Wildman–Crippen MR) is 70.2 cm³/mol. The van der Waals surface area contributed by atoms with Gasteiger partial charge in [-0.15, -0.1) is 0 Å². The second-order valence-electron chi connectivity index (χ2n) is 5.46. The van der Waals surface area contributed by atoms with Crippen molar-refractivity contribution in [2.45, 2.75) is 18.6 Å². The first kappa shape index (κ1) is 14.8. The number of rotatable bonds is 2. The summed E-state index contributed by atoms with van der Waals surface area (Å²) in [4.78, 5) is 13.9. The van der Waals surface area contributed by atoms with Crippen molar-refractivity contribution in [1.29, 1.82) is 5.26 Å². The van der Waals surface area contributed by atoms with Gasteiger partial charge in [-0.25, -0.2) is 4.79 Å². The minimum absolute atomic E-state index is 0.0464. The highest BCUT2D eigenvalue weighted by Gasteiger charge is 2.49. The Labute approximate surface area is 118 Å². The summed E-state index contributed by atoms with van der Waals surface area (Å²) in [7, 11) is 4.68. The highest BCUT2D eigenvalue weighted by Crippen LogP contribution is 2.43. The molecule has 1 saturated carbocycles. The van der Waals surface area contributed by atoms with Crippen molar-refractivity contribution in [2.24, 2.45) is 17.8 Å². The molecule has 0 radical (unpaired) electrons. The topological polar surface area (TPSA) is 82.8 Å². The average molecular weight is 280 g/mol. The minimum atomic E-state index is -0.684. The first-order valence-electron chi connectivity index (χ1n) is 6.64. The number of fused-ring (bicyclic) bond motifs is 1. The van der Waals surface area contributed by atoms with Gasteiger partial charge in [0.15, 0.2) is 0 Å². The Morgan fingerprint density at radius 1 is 1.55 bits per heavy atom. The Balaban J connectivity index is 2.41. The number of nitrogens with zero attached hydrogens (tertiary/aromatic N) is 2. The highest BCUT2D eigenvalue weighted by atomic mass is 16.5. The van der Waals surface area contributed by atoms with Crippen LogP contribution in [-0.2, 0) is 14.3 Å². The lowest BCUT2D eigenvalue weighted by molar-refractivity contribution is -0.140. The second-order valence-corrected chi connectivity index (χ2v) is 5.46. The average Bonchev–Trinajstić information content (AvgIpc) is 2.43.